The minimum Gasteiger partial charge on any atom is -0.490 e. The van der Waals surface area contributed by atoms with Gasteiger partial charge in [-0.15, -0.1) is 0 Å². The second-order valence-corrected chi connectivity index (χ2v) is 3.93. The smallest absolute Gasteiger partial charge is 0.249 e. The van der Waals surface area contributed by atoms with Crippen molar-refractivity contribution in [3.63, 3.8) is 0 Å². The number of amides is 1. The quantitative estimate of drug-likeness (QED) is 0.861. The van der Waals surface area contributed by atoms with Gasteiger partial charge in [0.1, 0.15) is 6.61 Å². The molecule has 2 rings (SSSR count). The normalized spacial score (nSPS) is 19.0. The number of hydrogen-bond acceptors (Lipinski definition) is 4. The van der Waals surface area contributed by atoms with Crippen LogP contribution in [0.2, 0.25) is 0 Å². The minimum atomic E-state index is -0.638. The molecule has 1 amide bonds. The number of nitrogens with zero attached hydrogens (tertiary/aromatic N) is 1. The van der Waals surface area contributed by atoms with Gasteiger partial charge in [0.15, 0.2) is 11.6 Å². The standard InChI is InChI=1S/C12H14FNO4/c13-10-3-1-2-4-11(10)17-6-5-12(16)14-7-9(15)8-18-14/h1-4,9,15H,5-8H2/t9-/m0/s1. The lowest BCUT2D eigenvalue weighted by atomic mass is 10.3. The lowest BCUT2D eigenvalue weighted by Crippen LogP contribution is -2.29. The first-order chi connectivity index (χ1) is 8.66. The van der Waals surface area contributed by atoms with E-state index in [0.29, 0.717) is 0 Å². The molecule has 1 aliphatic heterocycles. The number of β-amino-alcohol motifs (C(OH)–C–C–N with tert-alkyl or cyclic N) is 1. The molecule has 0 radical (unpaired) electrons. The third-order valence-corrected chi connectivity index (χ3v) is 2.49. The molecule has 0 aromatic heterocycles. The molecule has 6 heteroatoms. The van der Waals surface area contributed by atoms with Crippen molar-refractivity contribution in [2.24, 2.45) is 0 Å². The molecule has 0 saturated carbocycles. The van der Waals surface area contributed by atoms with Crippen molar-refractivity contribution >= 4 is 5.91 Å². The lowest BCUT2D eigenvalue weighted by molar-refractivity contribution is -0.169. The molecule has 0 bridgehead atoms. The van der Waals surface area contributed by atoms with E-state index >= 15 is 0 Å². The number of rotatable bonds is 4. The zero-order chi connectivity index (χ0) is 13.0. The first-order valence-corrected chi connectivity index (χ1v) is 5.65. The number of carbonyl (C=O) groups is 1. The molecule has 1 atom stereocenters. The third-order valence-electron chi connectivity index (χ3n) is 2.49. The van der Waals surface area contributed by atoms with Crippen molar-refractivity contribution in [3.8, 4) is 5.75 Å². The van der Waals surface area contributed by atoms with Crippen LogP contribution in [-0.4, -0.2) is 41.9 Å². The SMILES string of the molecule is O=C(CCOc1ccccc1F)N1C[C@H](O)CO1. The summed E-state index contributed by atoms with van der Waals surface area (Å²) in [4.78, 5) is 16.5. The molecule has 1 N–H and O–H groups in total. The average molecular weight is 255 g/mol. The molecular formula is C12H14FNO4. The highest BCUT2D eigenvalue weighted by atomic mass is 19.1. The van der Waals surface area contributed by atoms with Crippen molar-refractivity contribution in [1.29, 1.82) is 0 Å². The summed E-state index contributed by atoms with van der Waals surface area (Å²) in [5.41, 5.74) is 0. The van der Waals surface area contributed by atoms with Crippen LogP contribution in [0.1, 0.15) is 6.42 Å². The summed E-state index contributed by atoms with van der Waals surface area (Å²) in [6, 6.07) is 6.00. The van der Waals surface area contributed by atoms with Gasteiger partial charge < -0.3 is 9.84 Å². The molecular weight excluding hydrogens is 241 g/mol. The molecule has 1 aromatic rings. The van der Waals surface area contributed by atoms with Crippen LogP contribution in [0.15, 0.2) is 24.3 Å². The number of aliphatic hydroxyl groups excluding tert-OH is 1. The second kappa shape index (κ2) is 5.79. The van der Waals surface area contributed by atoms with Gasteiger partial charge in [-0.25, -0.2) is 9.45 Å². The molecule has 0 aliphatic carbocycles. The van der Waals surface area contributed by atoms with Crippen LogP contribution in [-0.2, 0) is 9.63 Å². The monoisotopic (exact) mass is 255 g/mol. The van der Waals surface area contributed by atoms with Gasteiger partial charge in [-0.1, -0.05) is 12.1 Å². The van der Waals surface area contributed by atoms with Crippen LogP contribution >= 0.6 is 0 Å². The highest BCUT2D eigenvalue weighted by molar-refractivity contribution is 5.75. The minimum absolute atomic E-state index is 0.0652. The molecule has 0 spiro atoms. The van der Waals surface area contributed by atoms with Gasteiger partial charge in [-0.2, -0.15) is 0 Å². The van der Waals surface area contributed by atoms with E-state index in [9.17, 15) is 14.3 Å². The van der Waals surface area contributed by atoms with Crippen molar-refractivity contribution in [3.05, 3.63) is 30.1 Å². The summed E-state index contributed by atoms with van der Waals surface area (Å²) in [5, 5.41) is 10.3. The molecule has 1 aliphatic rings. The Morgan fingerprint density at radius 2 is 2.33 bits per heavy atom. The van der Waals surface area contributed by atoms with Crippen LogP contribution in [0.3, 0.4) is 0 Å². The second-order valence-electron chi connectivity index (χ2n) is 3.93. The van der Waals surface area contributed by atoms with Crippen molar-refractivity contribution in [2.45, 2.75) is 12.5 Å². The predicted molar refractivity (Wildman–Crippen MR) is 60.2 cm³/mol. The van der Waals surface area contributed by atoms with Gasteiger partial charge in [0.2, 0.25) is 5.91 Å². The highest BCUT2D eigenvalue weighted by Gasteiger charge is 2.25. The van der Waals surface area contributed by atoms with E-state index in [1.807, 2.05) is 0 Å². The van der Waals surface area contributed by atoms with Gasteiger partial charge in [-0.3, -0.25) is 9.63 Å². The van der Waals surface area contributed by atoms with Crippen molar-refractivity contribution in [2.75, 3.05) is 19.8 Å². The number of halogens is 1. The van der Waals surface area contributed by atoms with Gasteiger partial charge in [0.05, 0.1) is 25.7 Å². The molecule has 1 saturated heterocycles. The van der Waals surface area contributed by atoms with Gasteiger partial charge >= 0.3 is 0 Å². The number of ether oxygens (including phenoxy) is 1. The molecule has 5 nitrogen and oxygen atoms in total. The van der Waals surface area contributed by atoms with Crippen LogP contribution < -0.4 is 4.74 Å². The van der Waals surface area contributed by atoms with Crippen LogP contribution in [0, 0.1) is 5.82 Å². The van der Waals surface area contributed by atoms with Crippen LogP contribution in [0.25, 0.3) is 0 Å². The largest absolute Gasteiger partial charge is 0.490 e. The van der Waals surface area contributed by atoms with Crippen molar-refractivity contribution < 1.29 is 23.9 Å². The Hall–Kier alpha value is -1.66. The van der Waals surface area contributed by atoms with Crippen molar-refractivity contribution in [1.82, 2.24) is 5.06 Å². The fraction of sp³-hybridized carbons (Fsp3) is 0.417. The van der Waals surface area contributed by atoms with E-state index < -0.39 is 11.9 Å². The van der Waals surface area contributed by atoms with E-state index in [-0.39, 0.29) is 37.8 Å². The molecule has 18 heavy (non-hydrogen) atoms. The third kappa shape index (κ3) is 3.18. The zero-order valence-electron chi connectivity index (χ0n) is 9.71. The fourth-order valence-corrected chi connectivity index (χ4v) is 1.58. The average Bonchev–Trinajstić information content (AvgIpc) is 2.78. The van der Waals surface area contributed by atoms with Gasteiger partial charge in [0, 0.05) is 0 Å². The number of para-hydroxylation sites is 1. The van der Waals surface area contributed by atoms with E-state index in [0.717, 1.165) is 5.06 Å². The number of benzene rings is 1. The number of hydrogen-bond donors (Lipinski definition) is 1. The van der Waals surface area contributed by atoms with E-state index in [4.69, 9.17) is 9.57 Å². The Kier molecular flexibility index (Phi) is 4.11. The molecule has 0 unspecified atom stereocenters. The van der Waals surface area contributed by atoms with E-state index in [2.05, 4.69) is 0 Å². The summed E-state index contributed by atoms with van der Waals surface area (Å²) in [6.07, 6.45) is -0.567. The number of hydroxylamine groups is 2. The first-order valence-electron chi connectivity index (χ1n) is 5.65. The zero-order valence-corrected chi connectivity index (χ0v) is 9.71. The molecule has 1 aromatic carbocycles. The highest BCUT2D eigenvalue weighted by Crippen LogP contribution is 2.15. The number of aliphatic hydroxyl groups is 1. The summed E-state index contributed by atoms with van der Waals surface area (Å²) in [6.45, 7) is 0.355. The molecule has 98 valence electrons. The maximum atomic E-state index is 13.2. The number of carbonyl (C=O) groups excluding carboxylic acids is 1. The lowest BCUT2D eigenvalue weighted by Gasteiger charge is -2.14. The van der Waals surface area contributed by atoms with E-state index in [1.165, 1.54) is 12.1 Å². The topological polar surface area (TPSA) is 59.0 Å². The van der Waals surface area contributed by atoms with E-state index in [1.54, 1.807) is 12.1 Å². The Morgan fingerprint density at radius 3 is 3.00 bits per heavy atom. The first kappa shape index (κ1) is 12.8. The fourth-order valence-electron chi connectivity index (χ4n) is 1.58. The summed E-state index contributed by atoms with van der Waals surface area (Å²) >= 11 is 0. The van der Waals surface area contributed by atoms with Crippen LogP contribution in [0.4, 0.5) is 4.39 Å². The summed E-state index contributed by atoms with van der Waals surface area (Å²) in [5.74, 6) is -0.631. The Balaban J connectivity index is 1.75. The van der Waals surface area contributed by atoms with Crippen LogP contribution in [0.5, 0.6) is 5.75 Å². The predicted octanol–water partition coefficient (Wildman–Crippen LogP) is 0.729. The van der Waals surface area contributed by atoms with Gasteiger partial charge in [0.25, 0.3) is 0 Å². The molecule has 1 heterocycles. The molecule has 1 fully saturated rings. The summed E-state index contributed by atoms with van der Waals surface area (Å²) < 4.78 is 18.3. The van der Waals surface area contributed by atoms with Gasteiger partial charge in [-0.05, 0) is 12.1 Å². The Bertz CT molecular complexity index is 426. The Labute approximate surface area is 104 Å². The Morgan fingerprint density at radius 1 is 1.56 bits per heavy atom. The summed E-state index contributed by atoms with van der Waals surface area (Å²) in [7, 11) is 0. The maximum Gasteiger partial charge on any atom is 0.249 e. The maximum absolute atomic E-state index is 13.2.